The van der Waals surface area contributed by atoms with E-state index in [0.29, 0.717) is 11.8 Å². The molecular weight excluding hydrogens is 274 g/mol. The smallest absolute Gasteiger partial charge is 0.124 e. The maximum Gasteiger partial charge on any atom is 0.124 e. The molecule has 1 aromatic rings. The Labute approximate surface area is 136 Å². The van der Waals surface area contributed by atoms with E-state index in [0.717, 1.165) is 42.9 Å². The van der Waals surface area contributed by atoms with Gasteiger partial charge in [0, 0.05) is 25.2 Å². The highest BCUT2D eigenvalue weighted by Gasteiger charge is 2.16. The van der Waals surface area contributed by atoms with Gasteiger partial charge in [-0.1, -0.05) is 39.3 Å². The van der Waals surface area contributed by atoms with Crippen LogP contribution >= 0.6 is 0 Å². The number of benzene rings is 1. The van der Waals surface area contributed by atoms with Crippen molar-refractivity contribution in [3.8, 4) is 5.75 Å². The minimum Gasteiger partial charge on any atom is -0.496 e. The van der Waals surface area contributed by atoms with Gasteiger partial charge in [-0.3, -0.25) is 0 Å². The Morgan fingerprint density at radius 2 is 1.68 bits per heavy atom. The molecule has 1 rings (SSSR count). The molecular formula is C19H33NO2. The number of aryl methyl sites for hydroxylation is 1. The number of methoxy groups -OCH3 is 1. The number of rotatable bonds is 9. The summed E-state index contributed by atoms with van der Waals surface area (Å²) in [7, 11) is 1.66. The molecule has 1 N–H and O–H groups in total. The normalized spacial score (nSPS) is 13.2. The van der Waals surface area contributed by atoms with E-state index in [2.05, 4.69) is 32.6 Å². The predicted octanol–water partition coefficient (Wildman–Crippen LogP) is 4.04. The number of ether oxygens (including phenoxy) is 1. The third kappa shape index (κ3) is 6.37. The van der Waals surface area contributed by atoms with E-state index in [1.807, 2.05) is 25.1 Å². The molecule has 0 saturated carbocycles. The largest absolute Gasteiger partial charge is 0.496 e. The van der Waals surface area contributed by atoms with Crippen LogP contribution in [0.15, 0.2) is 18.2 Å². The van der Waals surface area contributed by atoms with Crippen LogP contribution in [0.25, 0.3) is 0 Å². The Morgan fingerprint density at radius 3 is 2.18 bits per heavy atom. The quantitative estimate of drug-likeness (QED) is 0.747. The summed E-state index contributed by atoms with van der Waals surface area (Å²) in [4.78, 5) is 2.46. The molecule has 0 radical (unpaired) electrons. The molecule has 0 aromatic heterocycles. The van der Waals surface area contributed by atoms with Crippen LogP contribution in [0.1, 0.15) is 51.3 Å². The summed E-state index contributed by atoms with van der Waals surface area (Å²) in [6, 6.07) is 5.98. The van der Waals surface area contributed by atoms with Crippen LogP contribution in [-0.4, -0.2) is 36.8 Å². The SMILES string of the molecule is COc1ccc(C)cc1C(O)CCN(CC(C)C)CC(C)C. The summed E-state index contributed by atoms with van der Waals surface area (Å²) >= 11 is 0. The molecule has 0 aliphatic carbocycles. The second-order valence-electron chi connectivity index (χ2n) is 7.10. The molecule has 0 fully saturated rings. The van der Waals surface area contributed by atoms with E-state index >= 15 is 0 Å². The highest BCUT2D eigenvalue weighted by molar-refractivity contribution is 5.38. The van der Waals surface area contributed by atoms with Gasteiger partial charge in [0.15, 0.2) is 0 Å². The Bertz CT molecular complexity index is 433. The van der Waals surface area contributed by atoms with Crippen molar-refractivity contribution < 1.29 is 9.84 Å². The van der Waals surface area contributed by atoms with Crippen LogP contribution in [0, 0.1) is 18.8 Å². The van der Waals surface area contributed by atoms with E-state index < -0.39 is 6.10 Å². The van der Waals surface area contributed by atoms with Crippen molar-refractivity contribution in [1.29, 1.82) is 0 Å². The molecule has 0 heterocycles. The summed E-state index contributed by atoms with van der Waals surface area (Å²) in [5.41, 5.74) is 2.05. The van der Waals surface area contributed by atoms with Crippen LogP contribution < -0.4 is 4.74 Å². The van der Waals surface area contributed by atoms with E-state index in [9.17, 15) is 5.11 Å². The Kier molecular flexibility index (Phi) is 7.91. The zero-order valence-electron chi connectivity index (χ0n) is 15.1. The fourth-order valence-electron chi connectivity index (χ4n) is 2.86. The van der Waals surface area contributed by atoms with Crippen molar-refractivity contribution in [2.45, 2.75) is 47.1 Å². The van der Waals surface area contributed by atoms with Crippen molar-refractivity contribution in [2.24, 2.45) is 11.8 Å². The molecule has 1 aromatic carbocycles. The number of hydrogen-bond donors (Lipinski definition) is 1. The third-order valence-corrected chi connectivity index (χ3v) is 3.71. The average molecular weight is 307 g/mol. The summed E-state index contributed by atoms with van der Waals surface area (Å²) < 4.78 is 5.38. The van der Waals surface area contributed by atoms with Gasteiger partial charge in [-0.15, -0.1) is 0 Å². The molecule has 0 bridgehead atoms. The zero-order valence-corrected chi connectivity index (χ0v) is 15.1. The Hall–Kier alpha value is -1.06. The van der Waals surface area contributed by atoms with Gasteiger partial charge in [0.05, 0.1) is 13.2 Å². The van der Waals surface area contributed by atoms with E-state index in [-0.39, 0.29) is 0 Å². The van der Waals surface area contributed by atoms with Gasteiger partial charge in [-0.2, -0.15) is 0 Å². The standard InChI is InChI=1S/C19H33NO2/c1-14(2)12-20(13-15(3)4)10-9-18(21)17-11-16(5)7-8-19(17)22-6/h7-8,11,14-15,18,21H,9-10,12-13H2,1-6H3. The van der Waals surface area contributed by atoms with Crippen molar-refractivity contribution in [3.63, 3.8) is 0 Å². The first-order valence-electron chi connectivity index (χ1n) is 8.38. The monoisotopic (exact) mass is 307 g/mol. The highest BCUT2D eigenvalue weighted by Crippen LogP contribution is 2.28. The number of nitrogens with zero attached hydrogens (tertiary/aromatic N) is 1. The predicted molar refractivity (Wildman–Crippen MR) is 93.4 cm³/mol. The fourth-order valence-corrected chi connectivity index (χ4v) is 2.86. The minimum atomic E-state index is -0.475. The topological polar surface area (TPSA) is 32.7 Å². The Balaban J connectivity index is 2.70. The van der Waals surface area contributed by atoms with Gasteiger partial charge in [-0.25, -0.2) is 0 Å². The lowest BCUT2D eigenvalue weighted by molar-refractivity contribution is 0.129. The van der Waals surface area contributed by atoms with E-state index in [4.69, 9.17) is 4.74 Å². The lowest BCUT2D eigenvalue weighted by Crippen LogP contribution is -2.33. The summed E-state index contributed by atoms with van der Waals surface area (Å²) in [6.45, 7) is 14.1. The van der Waals surface area contributed by atoms with Crippen LogP contribution in [0.2, 0.25) is 0 Å². The lowest BCUT2D eigenvalue weighted by Gasteiger charge is -2.27. The van der Waals surface area contributed by atoms with Gasteiger partial charge in [0.2, 0.25) is 0 Å². The van der Waals surface area contributed by atoms with Crippen molar-refractivity contribution >= 4 is 0 Å². The molecule has 1 unspecified atom stereocenters. The highest BCUT2D eigenvalue weighted by atomic mass is 16.5. The van der Waals surface area contributed by atoms with Gasteiger partial charge in [-0.05, 0) is 37.3 Å². The first kappa shape index (κ1) is 19.0. The maximum atomic E-state index is 10.6. The molecule has 22 heavy (non-hydrogen) atoms. The summed E-state index contributed by atoms with van der Waals surface area (Å²) in [6.07, 6.45) is 0.260. The fraction of sp³-hybridized carbons (Fsp3) is 0.684. The lowest BCUT2D eigenvalue weighted by atomic mass is 10.0. The zero-order chi connectivity index (χ0) is 16.7. The summed E-state index contributed by atoms with van der Waals surface area (Å²) in [5, 5.41) is 10.6. The maximum absolute atomic E-state index is 10.6. The van der Waals surface area contributed by atoms with E-state index in [1.165, 1.54) is 0 Å². The molecule has 0 aliphatic heterocycles. The number of aliphatic hydroxyl groups excluding tert-OH is 1. The molecule has 0 saturated heterocycles. The molecule has 3 heteroatoms. The molecule has 3 nitrogen and oxygen atoms in total. The molecule has 1 atom stereocenters. The van der Waals surface area contributed by atoms with Gasteiger partial charge >= 0.3 is 0 Å². The molecule has 0 spiro atoms. The van der Waals surface area contributed by atoms with E-state index in [1.54, 1.807) is 7.11 Å². The number of aliphatic hydroxyl groups is 1. The molecule has 0 aliphatic rings. The van der Waals surface area contributed by atoms with Gasteiger partial charge in [0.25, 0.3) is 0 Å². The van der Waals surface area contributed by atoms with Gasteiger partial charge < -0.3 is 14.7 Å². The Morgan fingerprint density at radius 1 is 1.09 bits per heavy atom. The van der Waals surface area contributed by atoms with Crippen LogP contribution in [-0.2, 0) is 0 Å². The molecule has 0 amide bonds. The second-order valence-corrected chi connectivity index (χ2v) is 7.10. The second kappa shape index (κ2) is 9.16. The first-order chi connectivity index (χ1) is 10.3. The average Bonchev–Trinajstić information content (AvgIpc) is 2.43. The van der Waals surface area contributed by atoms with Crippen molar-refractivity contribution in [2.75, 3.05) is 26.7 Å². The van der Waals surface area contributed by atoms with Crippen LogP contribution in [0.5, 0.6) is 5.75 Å². The molecule has 126 valence electrons. The van der Waals surface area contributed by atoms with Crippen LogP contribution in [0.3, 0.4) is 0 Å². The first-order valence-corrected chi connectivity index (χ1v) is 8.38. The van der Waals surface area contributed by atoms with Crippen LogP contribution in [0.4, 0.5) is 0 Å². The van der Waals surface area contributed by atoms with Gasteiger partial charge in [0.1, 0.15) is 5.75 Å². The van der Waals surface area contributed by atoms with Crippen molar-refractivity contribution in [3.05, 3.63) is 29.3 Å². The third-order valence-electron chi connectivity index (χ3n) is 3.71. The minimum absolute atomic E-state index is 0.475. The summed E-state index contributed by atoms with van der Waals surface area (Å²) in [5.74, 6) is 2.06. The van der Waals surface area contributed by atoms with Crippen molar-refractivity contribution in [1.82, 2.24) is 4.90 Å². The number of hydrogen-bond acceptors (Lipinski definition) is 3.